The van der Waals surface area contributed by atoms with Gasteiger partial charge in [0.2, 0.25) is 0 Å². The number of carbonyl (C=O) groups is 4. The van der Waals surface area contributed by atoms with E-state index in [1.165, 1.54) is 0 Å². The van der Waals surface area contributed by atoms with Crippen molar-refractivity contribution >= 4 is 46.8 Å². The van der Waals surface area contributed by atoms with Gasteiger partial charge >= 0.3 is 24.2 Å². The molecule has 6 unspecified atom stereocenters. The number of rotatable bonds is 4. The van der Waals surface area contributed by atoms with Gasteiger partial charge in [-0.2, -0.15) is 36.4 Å². The maximum Gasteiger partial charge on any atom is 0.471 e. The summed E-state index contributed by atoms with van der Waals surface area (Å²) in [4.78, 5) is 74.4. The molecule has 38 heavy (non-hydrogen) atoms. The third-order valence-corrected chi connectivity index (χ3v) is 7.25. The molecule has 3 aliphatic rings. The van der Waals surface area contributed by atoms with Crippen LogP contribution in [0, 0.1) is 9.81 Å². The molecule has 0 aromatic rings. The van der Waals surface area contributed by atoms with E-state index in [1.807, 2.05) is 0 Å². The van der Waals surface area contributed by atoms with Crippen molar-refractivity contribution in [1.82, 2.24) is 19.8 Å². The molecule has 0 aliphatic carbocycles. The van der Waals surface area contributed by atoms with E-state index < -0.39 is 96.8 Å². The van der Waals surface area contributed by atoms with Gasteiger partial charge in [0.1, 0.15) is 0 Å². The lowest BCUT2D eigenvalue weighted by Gasteiger charge is -2.49. The smallest absolute Gasteiger partial charge is 0.328 e. The fraction of sp³-hybridized carbons (Fsp3) is 0.778. The zero-order chi connectivity index (χ0) is 28.7. The zero-order valence-electron chi connectivity index (χ0n) is 18.9. The summed E-state index contributed by atoms with van der Waals surface area (Å²) in [5.74, 6) is -8.08. The molecule has 3 aliphatic heterocycles. The van der Waals surface area contributed by atoms with Crippen molar-refractivity contribution in [3.63, 3.8) is 0 Å². The number of nitroso groups, excluding NO2 is 2. The summed E-state index contributed by atoms with van der Waals surface area (Å²) in [6.45, 7) is -1.50. The summed E-state index contributed by atoms with van der Waals surface area (Å²) in [6.07, 6.45) is -11.9. The highest BCUT2D eigenvalue weighted by molar-refractivity contribution is 6.21. The van der Waals surface area contributed by atoms with E-state index in [1.54, 1.807) is 0 Å². The van der Waals surface area contributed by atoms with E-state index in [-0.39, 0.29) is 32.7 Å². The van der Waals surface area contributed by atoms with E-state index in [0.717, 1.165) is 0 Å². The van der Waals surface area contributed by atoms with Crippen LogP contribution in [0.4, 0.5) is 26.3 Å². The van der Waals surface area contributed by atoms with Crippen LogP contribution in [0.2, 0.25) is 0 Å². The second-order valence-electron chi connectivity index (χ2n) is 8.81. The van der Waals surface area contributed by atoms with Crippen molar-refractivity contribution in [3.05, 3.63) is 9.81 Å². The van der Waals surface area contributed by atoms with Crippen LogP contribution in [-0.2, 0) is 19.2 Å². The van der Waals surface area contributed by atoms with E-state index in [4.69, 9.17) is 23.2 Å². The Morgan fingerprint density at radius 1 is 0.684 bits per heavy atom. The number of amides is 4. The Kier molecular flexibility index (Phi) is 8.45. The van der Waals surface area contributed by atoms with Crippen molar-refractivity contribution in [2.75, 3.05) is 13.1 Å². The van der Waals surface area contributed by atoms with Gasteiger partial charge in [0.25, 0.3) is 11.8 Å². The average Bonchev–Trinajstić information content (AvgIpc) is 2.83. The van der Waals surface area contributed by atoms with Gasteiger partial charge in [-0.15, -0.1) is 33.0 Å². The van der Waals surface area contributed by atoms with E-state index >= 15 is 0 Å². The molecule has 0 saturated carbocycles. The molecular weight excluding hydrogens is 581 g/mol. The first-order valence-corrected chi connectivity index (χ1v) is 11.8. The first kappa shape index (κ1) is 29.8. The average molecular weight is 599 g/mol. The van der Waals surface area contributed by atoms with Gasteiger partial charge in [0, 0.05) is 13.1 Å². The molecule has 12 nitrogen and oxygen atoms in total. The minimum Gasteiger partial charge on any atom is -0.328 e. The van der Waals surface area contributed by atoms with Crippen molar-refractivity contribution < 1.29 is 45.5 Å². The quantitative estimate of drug-likeness (QED) is 0.276. The monoisotopic (exact) mass is 598 g/mol. The summed E-state index contributed by atoms with van der Waals surface area (Å²) in [7, 11) is 0. The minimum atomic E-state index is -5.45. The Bertz CT molecular complexity index is 939. The molecule has 0 aromatic carbocycles. The number of likely N-dealkylation sites (tertiary alicyclic amines) is 2. The van der Waals surface area contributed by atoms with Crippen molar-refractivity contribution in [2.45, 2.75) is 73.0 Å². The highest BCUT2D eigenvalue weighted by atomic mass is 35.5. The SMILES string of the molecule is O=NN1C(=O)C(C2CCC(Cl)CN2C(=O)C(F)(F)F)N(N=O)C(=O)C1C1CCC(Cl)CN1C(=O)C(F)(F)F. The lowest BCUT2D eigenvalue weighted by Crippen LogP contribution is -2.73. The van der Waals surface area contributed by atoms with E-state index in [9.17, 15) is 55.3 Å². The molecule has 0 bridgehead atoms. The summed E-state index contributed by atoms with van der Waals surface area (Å²) in [5, 5.41) is 2.54. The molecular formula is C18H18Cl2F6N6O6. The highest BCUT2D eigenvalue weighted by Crippen LogP contribution is 2.37. The van der Waals surface area contributed by atoms with Crippen LogP contribution < -0.4 is 0 Å². The topological polar surface area (TPSA) is 140 Å². The van der Waals surface area contributed by atoms with Gasteiger partial charge in [0.15, 0.2) is 12.1 Å². The number of alkyl halides is 8. The molecule has 0 spiro atoms. The summed E-state index contributed by atoms with van der Waals surface area (Å²) in [6, 6.07) is -8.24. The van der Waals surface area contributed by atoms with Gasteiger partial charge in [-0.25, -0.2) is 0 Å². The van der Waals surface area contributed by atoms with Crippen molar-refractivity contribution in [2.24, 2.45) is 10.6 Å². The molecule has 20 heteroatoms. The fourth-order valence-electron chi connectivity index (χ4n) is 4.94. The van der Waals surface area contributed by atoms with E-state index in [0.29, 0.717) is 0 Å². The summed E-state index contributed by atoms with van der Waals surface area (Å²) >= 11 is 11.8. The number of hydrogen-bond donors (Lipinski definition) is 0. The molecule has 4 amide bonds. The van der Waals surface area contributed by atoms with Crippen LogP contribution in [0.5, 0.6) is 0 Å². The number of piperidine rings is 2. The fourth-order valence-corrected chi connectivity index (χ4v) is 5.49. The molecule has 0 aromatic heterocycles. The number of hydrogen-bond acceptors (Lipinski definition) is 8. The zero-order valence-corrected chi connectivity index (χ0v) is 20.4. The maximum absolute atomic E-state index is 13.3. The van der Waals surface area contributed by atoms with Crippen LogP contribution in [0.1, 0.15) is 25.7 Å². The standard InChI is InChI=1S/C18H18Cl2F6N6O6/c19-7-1-3-9(29(5-7)15(35)17(21,22)23)11-13(33)32(28-38)12(14(34)31(11)27-37)10-4-2-8(20)6-30(10)16(36)18(24,25)26/h7-12H,1-6H2. The number of piperazine rings is 1. The second-order valence-corrected chi connectivity index (χ2v) is 10.0. The van der Waals surface area contributed by atoms with Crippen LogP contribution in [0.25, 0.3) is 0 Å². The Morgan fingerprint density at radius 2 is 1.00 bits per heavy atom. The Labute approximate surface area is 219 Å². The van der Waals surface area contributed by atoms with Crippen molar-refractivity contribution in [1.29, 1.82) is 0 Å². The first-order valence-electron chi connectivity index (χ1n) is 10.9. The molecule has 3 fully saturated rings. The second kappa shape index (κ2) is 10.8. The number of carbonyl (C=O) groups excluding carboxylic acids is 4. The third-order valence-electron chi connectivity index (χ3n) is 6.54. The lowest BCUT2D eigenvalue weighted by molar-refractivity contribution is -0.196. The molecule has 0 N–H and O–H groups in total. The first-order chi connectivity index (χ1) is 17.5. The van der Waals surface area contributed by atoms with Gasteiger partial charge in [-0.1, -0.05) is 0 Å². The third kappa shape index (κ3) is 5.50. The lowest BCUT2D eigenvalue weighted by atomic mass is 9.88. The largest absolute Gasteiger partial charge is 0.471 e. The maximum atomic E-state index is 13.3. The normalized spacial score (nSPS) is 31.4. The molecule has 6 atom stereocenters. The van der Waals surface area contributed by atoms with E-state index in [2.05, 4.69) is 10.6 Å². The van der Waals surface area contributed by atoms with Crippen LogP contribution in [0.3, 0.4) is 0 Å². The predicted molar refractivity (Wildman–Crippen MR) is 114 cm³/mol. The van der Waals surface area contributed by atoms with Gasteiger partial charge in [-0.3, -0.25) is 19.2 Å². The van der Waals surface area contributed by atoms with Gasteiger partial charge in [-0.05, 0) is 25.7 Å². The molecule has 212 valence electrons. The molecule has 3 heterocycles. The molecule has 3 rings (SSSR count). The van der Waals surface area contributed by atoms with Crippen LogP contribution in [-0.4, -0.2) is 104 Å². The summed E-state index contributed by atoms with van der Waals surface area (Å²) in [5.41, 5.74) is 0. The van der Waals surface area contributed by atoms with Gasteiger partial charge in [0.05, 0.1) is 33.4 Å². The van der Waals surface area contributed by atoms with Crippen LogP contribution in [0.15, 0.2) is 10.6 Å². The summed E-state index contributed by atoms with van der Waals surface area (Å²) < 4.78 is 79.5. The predicted octanol–water partition coefficient (Wildman–Crippen LogP) is 2.08. The van der Waals surface area contributed by atoms with Gasteiger partial charge < -0.3 is 9.80 Å². The van der Waals surface area contributed by atoms with Crippen LogP contribution >= 0.6 is 23.2 Å². The Morgan fingerprint density at radius 3 is 1.26 bits per heavy atom. The number of nitrogens with zero attached hydrogens (tertiary/aromatic N) is 6. The Hall–Kier alpha value is -2.76. The highest BCUT2D eigenvalue weighted by Gasteiger charge is 2.60. The van der Waals surface area contributed by atoms with Crippen molar-refractivity contribution in [3.8, 4) is 0 Å². The molecule has 3 saturated heterocycles. The Balaban J connectivity index is 2.04. The number of halogens is 8. The molecule has 0 radical (unpaired) electrons. The minimum absolute atomic E-state index is 0.0793.